The number of rotatable bonds is 9. The Morgan fingerprint density at radius 2 is 1.62 bits per heavy atom. The summed E-state index contributed by atoms with van der Waals surface area (Å²) in [5, 5.41) is 0. The first-order chi connectivity index (χ1) is 13.8. The standard InChI is InChI=1S/C22H29NO6/c1-16(14-29-15-18-12-7-6-8-13-18)10-9-11-17(2)20(24)23(3)19(21(25)27-4)22(26)28-5/h6-8,12-13,16-17,19H,10,14-15H2,1-5H3/t16-,17-/m1/s1. The first-order valence-corrected chi connectivity index (χ1v) is 9.34. The van der Waals surface area contributed by atoms with E-state index in [9.17, 15) is 14.4 Å². The number of nitrogens with zero attached hydrogens (tertiary/aromatic N) is 1. The van der Waals surface area contributed by atoms with Gasteiger partial charge in [0.2, 0.25) is 11.9 Å². The summed E-state index contributed by atoms with van der Waals surface area (Å²) in [6, 6.07) is 8.45. The molecule has 158 valence electrons. The molecule has 0 aliphatic heterocycles. The molecule has 1 aromatic rings. The van der Waals surface area contributed by atoms with Gasteiger partial charge in [-0.3, -0.25) is 4.79 Å². The van der Waals surface area contributed by atoms with Gasteiger partial charge in [-0.25, -0.2) is 9.59 Å². The summed E-state index contributed by atoms with van der Waals surface area (Å²) >= 11 is 0. The molecule has 0 saturated heterocycles. The normalized spacial score (nSPS) is 12.3. The van der Waals surface area contributed by atoms with Crippen molar-refractivity contribution in [3.63, 3.8) is 0 Å². The van der Waals surface area contributed by atoms with Gasteiger partial charge in [-0.1, -0.05) is 43.2 Å². The number of carbonyl (C=O) groups is 3. The van der Waals surface area contributed by atoms with E-state index in [1.54, 1.807) is 6.92 Å². The molecule has 0 bridgehead atoms. The molecule has 0 fully saturated rings. The van der Waals surface area contributed by atoms with E-state index in [1.165, 1.54) is 7.05 Å². The van der Waals surface area contributed by atoms with E-state index in [4.69, 9.17) is 4.74 Å². The molecule has 29 heavy (non-hydrogen) atoms. The smallest absolute Gasteiger partial charge is 0.340 e. The van der Waals surface area contributed by atoms with E-state index in [-0.39, 0.29) is 5.92 Å². The molecule has 1 aromatic carbocycles. The third-order valence-electron chi connectivity index (χ3n) is 4.24. The van der Waals surface area contributed by atoms with Crippen molar-refractivity contribution >= 4 is 17.8 Å². The van der Waals surface area contributed by atoms with Gasteiger partial charge in [0, 0.05) is 13.5 Å². The molecular weight excluding hydrogens is 374 g/mol. The molecule has 0 radical (unpaired) electrons. The average molecular weight is 403 g/mol. The Kier molecular flexibility index (Phi) is 10.5. The second-order valence-electron chi connectivity index (χ2n) is 6.75. The van der Waals surface area contributed by atoms with E-state index in [0.29, 0.717) is 19.6 Å². The van der Waals surface area contributed by atoms with Gasteiger partial charge in [0.15, 0.2) is 0 Å². The predicted molar refractivity (Wildman–Crippen MR) is 107 cm³/mol. The van der Waals surface area contributed by atoms with Crippen molar-refractivity contribution in [2.45, 2.75) is 32.9 Å². The van der Waals surface area contributed by atoms with Crippen LogP contribution >= 0.6 is 0 Å². The number of likely N-dealkylation sites (N-methyl/N-ethyl adjacent to an activating group) is 1. The van der Waals surface area contributed by atoms with E-state index in [1.807, 2.05) is 37.3 Å². The van der Waals surface area contributed by atoms with Gasteiger partial charge in [0.05, 0.1) is 33.4 Å². The Bertz CT molecular complexity index is 721. The molecule has 2 atom stereocenters. The molecule has 0 aliphatic carbocycles. The Hall–Kier alpha value is -2.85. The highest BCUT2D eigenvalue weighted by molar-refractivity contribution is 6.02. The number of benzene rings is 1. The maximum Gasteiger partial charge on any atom is 0.340 e. The van der Waals surface area contributed by atoms with Crippen LogP contribution in [0.1, 0.15) is 25.8 Å². The van der Waals surface area contributed by atoms with Gasteiger partial charge < -0.3 is 19.1 Å². The molecule has 7 nitrogen and oxygen atoms in total. The SMILES string of the molecule is COC(=O)C(C(=O)OC)N(C)C(=O)[C@H](C)C#CC[C@@H](C)COCc1ccccc1. The largest absolute Gasteiger partial charge is 0.467 e. The maximum atomic E-state index is 12.5. The van der Waals surface area contributed by atoms with E-state index in [0.717, 1.165) is 24.7 Å². The zero-order chi connectivity index (χ0) is 21.8. The van der Waals surface area contributed by atoms with Crippen molar-refractivity contribution in [1.82, 2.24) is 4.90 Å². The van der Waals surface area contributed by atoms with Crippen molar-refractivity contribution in [3.8, 4) is 11.8 Å². The molecule has 1 rings (SSSR count). The first-order valence-electron chi connectivity index (χ1n) is 9.34. The topological polar surface area (TPSA) is 82.1 Å². The third kappa shape index (κ3) is 7.96. The van der Waals surface area contributed by atoms with Gasteiger partial charge in [0.25, 0.3) is 0 Å². The van der Waals surface area contributed by atoms with Crippen LogP contribution in [0, 0.1) is 23.7 Å². The van der Waals surface area contributed by atoms with Gasteiger partial charge in [-0.05, 0) is 18.4 Å². The Morgan fingerprint density at radius 3 is 2.17 bits per heavy atom. The summed E-state index contributed by atoms with van der Waals surface area (Å²) in [6.07, 6.45) is 0.563. The molecule has 0 N–H and O–H groups in total. The average Bonchev–Trinajstić information content (AvgIpc) is 2.73. The number of carbonyl (C=O) groups excluding carboxylic acids is 3. The second kappa shape index (κ2) is 12.6. The highest BCUT2D eigenvalue weighted by Crippen LogP contribution is 2.09. The van der Waals surface area contributed by atoms with Crippen LogP contribution in [-0.4, -0.2) is 56.7 Å². The number of hydrogen-bond acceptors (Lipinski definition) is 6. The highest BCUT2D eigenvalue weighted by Gasteiger charge is 2.36. The Morgan fingerprint density at radius 1 is 1.03 bits per heavy atom. The van der Waals surface area contributed by atoms with Crippen LogP contribution in [-0.2, 0) is 35.2 Å². The quantitative estimate of drug-likeness (QED) is 0.357. The zero-order valence-electron chi connectivity index (χ0n) is 17.6. The van der Waals surface area contributed by atoms with Gasteiger partial charge >= 0.3 is 11.9 Å². The van der Waals surface area contributed by atoms with Crippen LogP contribution in [0.3, 0.4) is 0 Å². The van der Waals surface area contributed by atoms with E-state index < -0.39 is 29.8 Å². The summed E-state index contributed by atoms with van der Waals surface area (Å²) < 4.78 is 14.9. The minimum absolute atomic E-state index is 0.198. The van der Waals surface area contributed by atoms with Crippen LogP contribution in [0.15, 0.2) is 30.3 Å². The van der Waals surface area contributed by atoms with Crippen LogP contribution in [0.5, 0.6) is 0 Å². The third-order valence-corrected chi connectivity index (χ3v) is 4.24. The van der Waals surface area contributed by atoms with Crippen LogP contribution in [0.4, 0.5) is 0 Å². The lowest BCUT2D eigenvalue weighted by Crippen LogP contribution is -2.50. The lowest BCUT2D eigenvalue weighted by Gasteiger charge is -2.25. The van der Waals surface area contributed by atoms with Crippen molar-refractivity contribution in [1.29, 1.82) is 0 Å². The molecule has 0 heterocycles. The number of esters is 2. The van der Waals surface area contributed by atoms with Crippen LogP contribution < -0.4 is 0 Å². The fourth-order valence-electron chi connectivity index (χ4n) is 2.53. The number of amides is 1. The Balaban J connectivity index is 2.53. The molecule has 0 spiro atoms. The summed E-state index contributed by atoms with van der Waals surface area (Å²) in [5.74, 6) is 3.17. The molecule has 0 aliphatic rings. The number of ether oxygens (including phenoxy) is 3. The predicted octanol–water partition coefficient (Wildman–Crippen LogP) is 2.04. The number of methoxy groups -OCH3 is 2. The summed E-state index contributed by atoms with van der Waals surface area (Å²) in [7, 11) is 3.63. The van der Waals surface area contributed by atoms with Crippen molar-refractivity contribution < 1.29 is 28.6 Å². The van der Waals surface area contributed by atoms with Crippen molar-refractivity contribution in [2.24, 2.45) is 11.8 Å². The molecular formula is C22H29NO6. The monoisotopic (exact) mass is 403 g/mol. The summed E-state index contributed by atoms with van der Waals surface area (Å²) in [5.41, 5.74) is 1.11. The molecule has 0 unspecified atom stereocenters. The summed E-state index contributed by atoms with van der Waals surface area (Å²) in [4.78, 5) is 37.2. The lowest BCUT2D eigenvalue weighted by molar-refractivity contribution is -0.164. The van der Waals surface area contributed by atoms with Gasteiger partial charge in [-0.15, -0.1) is 5.92 Å². The second-order valence-corrected chi connectivity index (χ2v) is 6.75. The molecule has 0 saturated carbocycles. The summed E-state index contributed by atoms with van der Waals surface area (Å²) in [6.45, 7) is 4.73. The first kappa shape index (κ1) is 24.2. The zero-order valence-corrected chi connectivity index (χ0v) is 17.6. The fraction of sp³-hybridized carbons (Fsp3) is 0.500. The lowest BCUT2D eigenvalue weighted by atomic mass is 10.1. The van der Waals surface area contributed by atoms with Gasteiger partial charge in [0.1, 0.15) is 0 Å². The highest BCUT2D eigenvalue weighted by atomic mass is 16.5. The van der Waals surface area contributed by atoms with Gasteiger partial charge in [-0.2, -0.15) is 0 Å². The molecule has 0 aromatic heterocycles. The van der Waals surface area contributed by atoms with Crippen LogP contribution in [0.2, 0.25) is 0 Å². The van der Waals surface area contributed by atoms with E-state index >= 15 is 0 Å². The maximum absolute atomic E-state index is 12.5. The minimum Gasteiger partial charge on any atom is -0.467 e. The number of hydrogen-bond donors (Lipinski definition) is 0. The van der Waals surface area contributed by atoms with E-state index in [2.05, 4.69) is 21.3 Å². The molecule has 1 amide bonds. The minimum atomic E-state index is -1.45. The van der Waals surface area contributed by atoms with Crippen molar-refractivity contribution in [3.05, 3.63) is 35.9 Å². The Labute approximate surface area is 172 Å². The van der Waals surface area contributed by atoms with Crippen LogP contribution in [0.25, 0.3) is 0 Å². The van der Waals surface area contributed by atoms with Crippen molar-refractivity contribution in [2.75, 3.05) is 27.9 Å². The fourth-order valence-corrected chi connectivity index (χ4v) is 2.53. The molecule has 7 heteroatoms.